The maximum Gasteiger partial charge on any atom is 0.433 e. The maximum atomic E-state index is 13.6. The number of primary sulfonamides is 1. The highest BCUT2D eigenvalue weighted by Crippen LogP contribution is 2.48. The van der Waals surface area contributed by atoms with Crippen molar-refractivity contribution in [2.45, 2.75) is 16.6 Å². The molecule has 1 spiro atoms. The Hall–Kier alpha value is -2.85. The van der Waals surface area contributed by atoms with E-state index in [4.69, 9.17) is 5.14 Å². The molecule has 1 aliphatic carbocycles. The molecule has 6 nitrogen and oxygen atoms in total. The van der Waals surface area contributed by atoms with Crippen molar-refractivity contribution in [1.82, 2.24) is 5.43 Å². The van der Waals surface area contributed by atoms with Gasteiger partial charge in [-0.15, -0.1) is 0 Å². The van der Waals surface area contributed by atoms with E-state index in [9.17, 15) is 21.6 Å². The molecule has 1 aromatic rings. The summed E-state index contributed by atoms with van der Waals surface area (Å²) in [6.45, 7) is 0. The number of aliphatic imine (C=N–C) groups is 1. The molecular weight excluding hydrogens is 381 g/mol. The summed E-state index contributed by atoms with van der Waals surface area (Å²) in [6.07, 6.45) is 4.52. The number of nitrogens with one attached hydrogen (secondary N) is 1. The van der Waals surface area contributed by atoms with E-state index in [1.807, 2.05) is 0 Å². The topological polar surface area (TPSA) is 87.8 Å². The number of alkyl halides is 3. The van der Waals surface area contributed by atoms with Crippen LogP contribution in [-0.2, 0) is 10.0 Å². The summed E-state index contributed by atoms with van der Waals surface area (Å²) < 4.78 is 63.8. The van der Waals surface area contributed by atoms with Crippen molar-refractivity contribution in [1.29, 1.82) is 0 Å². The number of allylic oxidation sites excluding steroid dienone is 3. The van der Waals surface area contributed by atoms with E-state index < -0.39 is 27.4 Å². The molecule has 4 rings (SSSR count). The summed E-state index contributed by atoms with van der Waals surface area (Å²) in [4.78, 5) is 3.88. The SMILES string of the molecule is NS(=O)(=O)c1ccc(N2NC(C(F)(F)F)=C3C=CC=C4C=NC=CC432)cc1. The fourth-order valence-corrected chi connectivity index (χ4v) is 3.90. The first-order chi connectivity index (χ1) is 12.6. The van der Waals surface area contributed by atoms with Gasteiger partial charge in [-0.25, -0.2) is 13.6 Å². The molecule has 10 heteroatoms. The van der Waals surface area contributed by atoms with E-state index in [2.05, 4.69) is 10.4 Å². The Morgan fingerprint density at radius 1 is 1.19 bits per heavy atom. The van der Waals surface area contributed by atoms with Gasteiger partial charge in [-0.2, -0.15) is 13.2 Å². The van der Waals surface area contributed by atoms with Crippen LogP contribution in [0.1, 0.15) is 0 Å². The molecule has 0 fully saturated rings. The largest absolute Gasteiger partial charge is 0.433 e. The minimum absolute atomic E-state index is 0.0328. The van der Waals surface area contributed by atoms with Crippen LogP contribution in [0.3, 0.4) is 0 Å². The number of hydrogen-bond donors (Lipinski definition) is 2. The molecule has 0 amide bonds. The van der Waals surface area contributed by atoms with Crippen LogP contribution in [0.5, 0.6) is 0 Å². The van der Waals surface area contributed by atoms with E-state index >= 15 is 0 Å². The molecule has 3 aliphatic rings. The highest BCUT2D eigenvalue weighted by Gasteiger charge is 2.54. The Labute approximate surface area is 152 Å². The predicted octanol–water partition coefficient (Wildman–Crippen LogP) is 2.31. The van der Waals surface area contributed by atoms with Crippen molar-refractivity contribution in [2.75, 3.05) is 5.01 Å². The normalized spacial score (nSPS) is 23.9. The number of benzene rings is 1. The van der Waals surface area contributed by atoms with Gasteiger partial charge in [-0.3, -0.25) is 15.4 Å². The second kappa shape index (κ2) is 5.57. The molecule has 0 bridgehead atoms. The molecule has 3 N–H and O–H groups in total. The third-order valence-electron chi connectivity index (χ3n) is 4.56. The van der Waals surface area contributed by atoms with Gasteiger partial charge in [0.15, 0.2) is 0 Å². The highest BCUT2D eigenvalue weighted by atomic mass is 32.2. The smallest absolute Gasteiger partial charge is 0.292 e. The fraction of sp³-hybridized carbons (Fsp3) is 0.118. The molecule has 1 atom stereocenters. The first-order valence-electron chi connectivity index (χ1n) is 7.75. The van der Waals surface area contributed by atoms with Crippen molar-refractivity contribution >= 4 is 21.9 Å². The van der Waals surface area contributed by atoms with E-state index in [0.717, 1.165) is 0 Å². The minimum atomic E-state index is -4.60. The lowest BCUT2D eigenvalue weighted by Crippen LogP contribution is -2.52. The van der Waals surface area contributed by atoms with Gasteiger partial charge in [-0.1, -0.05) is 18.2 Å². The van der Waals surface area contributed by atoms with Gasteiger partial charge in [-0.05, 0) is 30.3 Å². The van der Waals surface area contributed by atoms with Crippen molar-refractivity contribution in [3.05, 3.63) is 71.6 Å². The molecule has 2 heterocycles. The van der Waals surface area contributed by atoms with Crippen molar-refractivity contribution in [2.24, 2.45) is 10.1 Å². The van der Waals surface area contributed by atoms with Gasteiger partial charge in [0.25, 0.3) is 0 Å². The maximum absolute atomic E-state index is 13.6. The van der Waals surface area contributed by atoms with E-state index in [-0.39, 0.29) is 10.5 Å². The summed E-state index contributed by atoms with van der Waals surface area (Å²) in [5, 5.41) is 6.43. The number of nitrogens with two attached hydrogens (primary N) is 1. The van der Waals surface area contributed by atoms with Crippen LogP contribution < -0.4 is 15.6 Å². The van der Waals surface area contributed by atoms with Crippen molar-refractivity contribution in [3.8, 4) is 0 Å². The monoisotopic (exact) mass is 394 g/mol. The molecular formula is C17H13F3N4O2S. The number of rotatable bonds is 2. The van der Waals surface area contributed by atoms with Crippen molar-refractivity contribution < 1.29 is 21.6 Å². The Bertz CT molecular complexity index is 1070. The molecule has 0 saturated heterocycles. The van der Waals surface area contributed by atoms with E-state index in [1.54, 1.807) is 12.2 Å². The Morgan fingerprint density at radius 3 is 2.52 bits per heavy atom. The highest BCUT2D eigenvalue weighted by molar-refractivity contribution is 7.89. The molecule has 0 aromatic heterocycles. The quantitative estimate of drug-likeness (QED) is 0.806. The summed E-state index contributed by atoms with van der Waals surface area (Å²) in [5.74, 6) is 0. The van der Waals surface area contributed by atoms with Gasteiger partial charge in [0.05, 0.1) is 10.6 Å². The van der Waals surface area contributed by atoms with Crippen LogP contribution >= 0.6 is 0 Å². The third-order valence-corrected chi connectivity index (χ3v) is 5.49. The number of anilines is 1. The van der Waals surface area contributed by atoms with Gasteiger partial charge < -0.3 is 0 Å². The van der Waals surface area contributed by atoms with Crippen LogP contribution in [0, 0.1) is 0 Å². The van der Waals surface area contributed by atoms with Crippen LogP contribution in [0.2, 0.25) is 0 Å². The summed E-state index contributed by atoms with van der Waals surface area (Å²) >= 11 is 0. The summed E-state index contributed by atoms with van der Waals surface area (Å²) in [6, 6.07) is 5.29. The van der Waals surface area contributed by atoms with E-state index in [1.165, 1.54) is 53.8 Å². The van der Waals surface area contributed by atoms with Crippen LogP contribution in [-0.4, -0.2) is 26.3 Å². The van der Waals surface area contributed by atoms with E-state index in [0.29, 0.717) is 11.3 Å². The second-order valence-corrected chi connectivity index (χ2v) is 7.68. The lowest BCUT2D eigenvalue weighted by atomic mass is 9.77. The van der Waals surface area contributed by atoms with Gasteiger partial charge in [0, 0.05) is 23.6 Å². The number of sulfonamides is 1. The lowest BCUT2D eigenvalue weighted by molar-refractivity contribution is -0.0962. The number of hydrogen-bond acceptors (Lipinski definition) is 5. The van der Waals surface area contributed by atoms with Gasteiger partial charge >= 0.3 is 6.18 Å². The molecule has 1 unspecified atom stereocenters. The summed E-state index contributed by atoms with van der Waals surface area (Å²) in [5.41, 5.74) is 1.22. The molecule has 2 aliphatic heterocycles. The van der Waals surface area contributed by atoms with Crippen LogP contribution in [0.25, 0.3) is 0 Å². The average Bonchev–Trinajstić information content (AvgIpc) is 2.95. The van der Waals surface area contributed by atoms with Gasteiger partial charge in [0.2, 0.25) is 10.0 Å². The summed E-state index contributed by atoms with van der Waals surface area (Å²) in [7, 11) is -3.91. The number of halogens is 3. The van der Waals surface area contributed by atoms with Crippen LogP contribution in [0.4, 0.5) is 18.9 Å². The predicted molar refractivity (Wildman–Crippen MR) is 94.1 cm³/mol. The van der Waals surface area contributed by atoms with Gasteiger partial charge in [0.1, 0.15) is 11.2 Å². The average molecular weight is 394 g/mol. The third kappa shape index (κ3) is 2.60. The van der Waals surface area contributed by atoms with Crippen LogP contribution in [0.15, 0.2) is 81.5 Å². The zero-order chi connectivity index (χ0) is 19.4. The molecule has 0 radical (unpaired) electrons. The number of hydrazine groups is 1. The Morgan fingerprint density at radius 2 is 1.89 bits per heavy atom. The second-order valence-electron chi connectivity index (χ2n) is 6.11. The zero-order valence-corrected chi connectivity index (χ0v) is 14.4. The molecule has 1 aromatic carbocycles. The minimum Gasteiger partial charge on any atom is -0.292 e. The first-order valence-corrected chi connectivity index (χ1v) is 9.30. The molecule has 27 heavy (non-hydrogen) atoms. The molecule has 0 saturated carbocycles. The fourth-order valence-electron chi connectivity index (χ4n) is 3.39. The van der Waals surface area contributed by atoms with Crippen molar-refractivity contribution in [3.63, 3.8) is 0 Å². The zero-order valence-electron chi connectivity index (χ0n) is 13.6. The number of nitrogens with zero attached hydrogens (tertiary/aromatic N) is 2. The Balaban J connectivity index is 1.88. The Kier molecular flexibility index (Phi) is 3.62. The first kappa shape index (κ1) is 17.6. The lowest BCUT2D eigenvalue weighted by Gasteiger charge is -2.41. The standard InChI is InChI=1S/C17H13F3N4O2S/c18-17(19,20)15-14-3-1-2-11-10-22-9-8-16(11,14)24(23-15)12-4-6-13(7-5-12)27(21,25)26/h1-10,23H,(H2,21,25,26). The molecule has 140 valence electrons.